The Morgan fingerprint density at radius 1 is 1.45 bits per heavy atom. The summed E-state index contributed by atoms with van der Waals surface area (Å²) < 4.78 is 5.55. The Kier molecular flexibility index (Phi) is 3.87. The van der Waals surface area contributed by atoms with Crippen molar-refractivity contribution in [3.63, 3.8) is 0 Å². The monoisotopic (exact) mass is 157 g/mol. The maximum atomic E-state index is 5.55. The summed E-state index contributed by atoms with van der Waals surface area (Å²) in [6, 6.07) is 0. The highest BCUT2D eigenvalue weighted by molar-refractivity contribution is 4.66. The van der Waals surface area contributed by atoms with Gasteiger partial charge in [-0.15, -0.1) is 0 Å². The molecule has 1 saturated carbocycles. The molecule has 2 N–H and O–H groups in total. The fraction of sp³-hybridized carbons (Fsp3) is 1.00. The second-order valence-corrected chi connectivity index (χ2v) is 3.53. The minimum absolute atomic E-state index is 0.246. The Morgan fingerprint density at radius 3 is 2.64 bits per heavy atom. The molecule has 0 saturated heterocycles. The first-order chi connectivity index (χ1) is 5.33. The Hall–Kier alpha value is -0.0800. The summed E-state index contributed by atoms with van der Waals surface area (Å²) in [5.74, 6) is 0.823. The predicted octanol–water partition coefficient (Wildman–Crippen LogP) is 1.54. The third-order valence-electron chi connectivity index (χ3n) is 2.42. The van der Waals surface area contributed by atoms with Crippen LogP contribution < -0.4 is 5.73 Å². The van der Waals surface area contributed by atoms with E-state index < -0.39 is 0 Å². The van der Waals surface area contributed by atoms with Crippen molar-refractivity contribution in [1.82, 2.24) is 0 Å². The first kappa shape index (κ1) is 9.01. The quantitative estimate of drug-likeness (QED) is 0.672. The van der Waals surface area contributed by atoms with E-state index in [9.17, 15) is 0 Å². The number of hydrogen-bond acceptors (Lipinski definition) is 2. The highest BCUT2D eigenvalue weighted by Crippen LogP contribution is 2.24. The van der Waals surface area contributed by atoms with Crippen LogP contribution in [0.25, 0.3) is 0 Å². The molecule has 11 heavy (non-hydrogen) atoms. The molecule has 0 bridgehead atoms. The van der Waals surface area contributed by atoms with E-state index in [0.29, 0.717) is 6.54 Å². The van der Waals surface area contributed by atoms with Gasteiger partial charge in [0.1, 0.15) is 0 Å². The van der Waals surface area contributed by atoms with Gasteiger partial charge in [0.15, 0.2) is 0 Å². The standard InChI is InChI=1S/C9H19NO/c1-8(6-10)11-7-9-4-2-3-5-9/h8-9H,2-7,10H2,1H3. The number of nitrogens with two attached hydrogens (primary N) is 1. The average Bonchev–Trinajstić information content (AvgIpc) is 2.52. The van der Waals surface area contributed by atoms with Gasteiger partial charge in [0.2, 0.25) is 0 Å². The van der Waals surface area contributed by atoms with Crippen LogP contribution in [0.15, 0.2) is 0 Å². The predicted molar refractivity (Wildman–Crippen MR) is 46.4 cm³/mol. The van der Waals surface area contributed by atoms with Crippen LogP contribution in [0.2, 0.25) is 0 Å². The Balaban J connectivity index is 2.01. The SMILES string of the molecule is CC(CN)OCC1CCCC1. The van der Waals surface area contributed by atoms with Gasteiger partial charge in [-0.2, -0.15) is 0 Å². The van der Waals surface area contributed by atoms with Gasteiger partial charge in [-0.3, -0.25) is 0 Å². The van der Waals surface area contributed by atoms with Crippen LogP contribution >= 0.6 is 0 Å². The third-order valence-corrected chi connectivity index (χ3v) is 2.42. The Bertz CT molecular complexity index is 99.7. The van der Waals surface area contributed by atoms with E-state index in [4.69, 9.17) is 10.5 Å². The molecule has 1 aliphatic carbocycles. The molecular weight excluding hydrogens is 138 g/mol. The van der Waals surface area contributed by atoms with Gasteiger partial charge in [0, 0.05) is 13.2 Å². The largest absolute Gasteiger partial charge is 0.377 e. The van der Waals surface area contributed by atoms with Crippen molar-refractivity contribution in [2.75, 3.05) is 13.2 Å². The van der Waals surface area contributed by atoms with E-state index in [1.54, 1.807) is 0 Å². The van der Waals surface area contributed by atoms with Crippen molar-refractivity contribution in [2.24, 2.45) is 11.7 Å². The maximum absolute atomic E-state index is 5.55. The minimum Gasteiger partial charge on any atom is -0.377 e. The van der Waals surface area contributed by atoms with Gasteiger partial charge >= 0.3 is 0 Å². The summed E-state index contributed by atoms with van der Waals surface area (Å²) in [6.45, 7) is 3.61. The fourth-order valence-corrected chi connectivity index (χ4v) is 1.55. The van der Waals surface area contributed by atoms with Gasteiger partial charge < -0.3 is 10.5 Å². The van der Waals surface area contributed by atoms with Crippen molar-refractivity contribution in [3.05, 3.63) is 0 Å². The van der Waals surface area contributed by atoms with Crippen molar-refractivity contribution in [1.29, 1.82) is 0 Å². The molecule has 1 unspecified atom stereocenters. The number of rotatable bonds is 4. The molecule has 0 aromatic rings. The molecule has 0 spiro atoms. The van der Waals surface area contributed by atoms with Gasteiger partial charge in [-0.05, 0) is 25.7 Å². The van der Waals surface area contributed by atoms with Crippen molar-refractivity contribution in [2.45, 2.75) is 38.7 Å². The zero-order chi connectivity index (χ0) is 8.10. The summed E-state index contributed by atoms with van der Waals surface area (Å²) in [4.78, 5) is 0. The first-order valence-electron chi connectivity index (χ1n) is 4.64. The summed E-state index contributed by atoms with van der Waals surface area (Å²) in [7, 11) is 0. The normalized spacial score (nSPS) is 22.4. The highest BCUT2D eigenvalue weighted by atomic mass is 16.5. The summed E-state index contributed by atoms with van der Waals surface area (Å²) >= 11 is 0. The third kappa shape index (κ3) is 3.21. The second-order valence-electron chi connectivity index (χ2n) is 3.53. The minimum atomic E-state index is 0.246. The van der Waals surface area contributed by atoms with E-state index >= 15 is 0 Å². The van der Waals surface area contributed by atoms with Gasteiger partial charge in [-0.1, -0.05) is 12.8 Å². The van der Waals surface area contributed by atoms with Crippen LogP contribution in [-0.2, 0) is 4.74 Å². The summed E-state index contributed by atoms with van der Waals surface area (Å²) in [6.07, 6.45) is 5.75. The van der Waals surface area contributed by atoms with Gasteiger partial charge in [0.25, 0.3) is 0 Å². The van der Waals surface area contributed by atoms with E-state index in [1.807, 2.05) is 6.92 Å². The molecule has 0 radical (unpaired) electrons. The molecule has 0 aromatic carbocycles. The van der Waals surface area contributed by atoms with Crippen LogP contribution in [0.3, 0.4) is 0 Å². The van der Waals surface area contributed by atoms with E-state index in [1.165, 1.54) is 25.7 Å². The summed E-state index contributed by atoms with van der Waals surface area (Å²) in [5, 5.41) is 0. The molecule has 1 aliphatic rings. The lowest BCUT2D eigenvalue weighted by molar-refractivity contribution is 0.0468. The lowest BCUT2D eigenvalue weighted by atomic mass is 10.1. The van der Waals surface area contributed by atoms with E-state index in [0.717, 1.165) is 12.5 Å². The van der Waals surface area contributed by atoms with Gasteiger partial charge in [-0.25, -0.2) is 0 Å². The molecule has 1 fully saturated rings. The number of ether oxygens (including phenoxy) is 1. The smallest absolute Gasteiger partial charge is 0.0669 e. The molecule has 1 rings (SSSR count). The second kappa shape index (κ2) is 4.73. The average molecular weight is 157 g/mol. The molecule has 0 aliphatic heterocycles. The molecule has 0 aromatic heterocycles. The van der Waals surface area contributed by atoms with Crippen molar-refractivity contribution >= 4 is 0 Å². The zero-order valence-corrected chi connectivity index (χ0v) is 7.38. The van der Waals surface area contributed by atoms with Crippen molar-refractivity contribution in [3.8, 4) is 0 Å². The molecule has 2 nitrogen and oxygen atoms in total. The topological polar surface area (TPSA) is 35.2 Å². The maximum Gasteiger partial charge on any atom is 0.0669 e. The molecule has 0 amide bonds. The van der Waals surface area contributed by atoms with Crippen LogP contribution in [0, 0.1) is 5.92 Å². The lowest BCUT2D eigenvalue weighted by Gasteiger charge is -2.14. The Morgan fingerprint density at radius 2 is 2.09 bits per heavy atom. The van der Waals surface area contributed by atoms with E-state index in [-0.39, 0.29) is 6.10 Å². The van der Waals surface area contributed by atoms with Crippen LogP contribution in [0.1, 0.15) is 32.6 Å². The van der Waals surface area contributed by atoms with Crippen LogP contribution in [0.5, 0.6) is 0 Å². The zero-order valence-electron chi connectivity index (χ0n) is 7.38. The van der Waals surface area contributed by atoms with E-state index in [2.05, 4.69) is 0 Å². The first-order valence-corrected chi connectivity index (χ1v) is 4.64. The lowest BCUT2D eigenvalue weighted by Crippen LogP contribution is -2.22. The molecule has 66 valence electrons. The van der Waals surface area contributed by atoms with Crippen LogP contribution in [0.4, 0.5) is 0 Å². The molecule has 2 heteroatoms. The van der Waals surface area contributed by atoms with Crippen molar-refractivity contribution < 1.29 is 4.74 Å². The Labute approximate surface area is 69.1 Å². The summed E-state index contributed by atoms with van der Waals surface area (Å²) in [5.41, 5.74) is 5.43. The van der Waals surface area contributed by atoms with Crippen LogP contribution in [-0.4, -0.2) is 19.3 Å². The highest BCUT2D eigenvalue weighted by Gasteiger charge is 2.15. The fourth-order valence-electron chi connectivity index (χ4n) is 1.55. The molecule has 0 heterocycles. The number of hydrogen-bond donors (Lipinski definition) is 1. The molecule has 1 atom stereocenters. The molecular formula is C9H19NO. The van der Waals surface area contributed by atoms with Gasteiger partial charge in [0.05, 0.1) is 6.10 Å².